The van der Waals surface area contributed by atoms with Gasteiger partial charge in [0.05, 0.1) is 49.2 Å². The van der Waals surface area contributed by atoms with Gasteiger partial charge in [0.2, 0.25) is 10.0 Å². The molecule has 6 rings (SSSR count). The summed E-state index contributed by atoms with van der Waals surface area (Å²) in [6, 6.07) is 30.4. The minimum absolute atomic E-state index is 0.00122. The number of carbonyl (C=O) groups excluding carboxylic acids is 1. The number of hydrogen-bond acceptors (Lipinski definition) is 10. The van der Waals surface area contributed by atoms with Crippen molar-refractivity contribution in [2.75, 3.05) is 58.1 Å². The van der Waals surface area contributed by atoms with Gasteiger partial charge in [-0.15, -0.1) is 0 Å². The van der Waals surface area contributed by atoms with E-state index in [1.807, 2.05) is 89.2 Å². The van der Waals surface area contributed by atoms with Gasteiger partial charge in [-0.25, -0.2) is 13.2 Å². The number of benzene rings is 4. The summed E-state index contributed by atoms with van der Waals surface area (Å²) in [6.45, 7) is 14.7. The number of piperidine rings is 1. The molecular formula is C49H65N3O9S. The lowest BCUT2D eigenvalue weighted by molar-refractivity contribution is -0.0236. The van der Waals surface area contributed by atoms with Crippen LogP contribution >= 0.6 is 0 Å². The lowest BCUT2D eigenvalue weighted by Gasteiger charge is -2.45. The summed E-state index contributed by atoms with van der Waals surface area (Å²) in [7, 11) is -2.29. The molecule has 2 aliphatic rings. The monoisotopic (exact) mass is 871 g/mol. The molecule has 336 valence electrons. The van der Waals surface area contributed by atoms with Crippen molar-refractivity contribution in [3.63, 3.8) is 0 Å². The van der Waals surface area contributed by atoms with Crippen LogP contribution in [-0.4, -0.2) is 95.8 Å². The topological polar surface area (TPSA) is 125 Å². The molecule has 0 radical (unpaired) electrons. The van der Waals surface area contributed by atoms with Crippen molar-refractivity contribution in [1.29, 1.82) is 0 Å². The average molecular weight is 872 g/mol. The van der Waals surface area contributed by atoms with Crippen LogP contribution in [0.4, 0.5) is 10.5 Å². The number of amides is 1. The summed E-state index contributed by atoms with van der Waals surface area (Å²) in [5.41, 5.74) is 5.04. The standard InChI is InChI=1S/C49H65N3O9S/c1-7-58-37(3)32-57-33-39-16-19-41(20-17-39)44-29-42(30-49(4,5)50-48(53)61-34-38-12-9-8-10-13-38)52(62(54,55)43-21-14-36(2)15-22-43)31-47(44)60-35-40-18-23-46-45(28-40)51(25-27-59-46)24-11-26-56-6/h8-10,12-23,28,37,42,44,47H,7,11,24-27,29-35H2,1-6H3,(H,50,53)/t37-,42-,44-,47+/m1/s1. The van der Waals surface area contributed by atoms with E-state index < -0.39 is 33.8 Å². The van der Waals surface area contributed by atoms with Gasteiger partial charge in [0.25, 0.3) is 0 Å². The Kier molecular flexibility index (Phi) is 16.8. The quantitative estimate of drug-likeness (QED) is 0.0817. The Hall–Kier alpha value is -4.50. The molecular weight excluding hydrogens is 807 g/mol. The zero-order valence-corrected chi connectivity index (χ0v) is 38.0. The number of aryl methyl sites for hydroxylation is 1. The van der Waals surface area contributed by atoms with Gasteiger partial charge < -0.3 is 38.6 Å². The van der Waals surface area contributed by atoms with Crippen LogP contribution in [0.5, 0.6) is 5.75 Å². The summed E-state index contributed by atoms with van der Waals surface area (Å²) in [5.74, 6) is 0.660. The number of nitrogens with zero attached hydrogens (tertiary/aromatic N) is 2. The van der Waals surface area contributed by atoms with E-state index in [9.17, 15) is 13.2 Å². The van der Waals surface area contributed by atoms with Crippen LogP contribution in [0.25, 0.3) is 0 Å². The van der Waals surface area contributed by atoms with E-state index in [0.29, 0.717) is 45.9 Å². The van der Waals surface area contributed by atoms with Crippen molar-refractivity contribution >= 4 is 21.8 Å². The van der Waals surface area contributed by atoms with Gasteiger partial charge in [0.1, 0.15) is 19.0 Å². The fourth-order valence-corrected chi connectivity index (χ4v) is 9.96. The van der Waals surface area contributed by atoms with E-state index in [1.54, 1.807) is 23.5 Å². The first-order valence-corrected chi connectivity index (χ1v) is 23.3. The Morgan fingerprint density at radius 1 is 0.935 bits per heavy atom. The maximum Gasteiger partial charge on any atom is 0.407 e. The third-order valence-electron chi connectivity index (χ3n) is 11.5. The predicted octanol–water partition coefficient (Wildman–Crippen LogP) is 8.40. The summed E-state index contributed by atoms with van der Waals surface area (Å²) in [5, 5.41) is 3.03. The number of carbonyl (C=O) groups is 1. The highest BCUT2D eigenvalue weighted by molar-refractivity contribution is 7.89. The first-order chi connectivity index (χ1) is 29.8. The number of methoxy groups -OCH3 is 1. The Bertz CT molecular complexity index is 2120. The molecule has 1 fully saturated rings. The number of ether oxygens (including phenoxy) is 6. The molecule has 62 heavy (non-hydrogen) atoms. The average Bonchev–Trinajstić information content (AvgIpc) is 3.25. The summed E-state index contributed by atoms with van der Waals surface area (Å²) < 4.78 is 66.6. The lowest BCUT2D eigenvalue weighted by atomic mass is 9.80. The Morgan fingerprint density at radius 3 is 2.39 bits per heavy atom. The van der Waals surface area contributed by atoms with Gasteiger partial charge in [0.15, 0.2) is 0 Å². The molecule has 12 nitrogen and oxygen atoms in total. The van der Waals surface area contributed by atoms with Crippen LogP contribution in [-0.2, 0) is 53.5 Å². The Labute approximate surface area is 368 Å². The van der Waals surface area contributed by atoms with Crippen LogP contribution < -0.4 is 15.0 Å². The molecule has 0 unspecified atom stereocenters. The lowest BCUT2D eigenvalue weighted by Crippen LogP contribution is -2.56. The van der Waals surface area contributed by atoms with Crippen molar-refractivity contribution in [2.24, 2.45) is 0 Å². The summed E-state index contributed by atoms with van der Waals surface area (Å²) in [6.07, 6.45) is 0.605. The van der Waals surface area contributed by atoms with Crippen molar-refractivity contribution in [3.05, 3.63) is 125 Å². The second-order valence-corrected chi connectivity index (χ2v) is 18.9. The summed E-state index contributed by atoms with van der Waals surface area (Å²) in [4.78, 5) is 15.7. The van der Waals surface area contributed by atoms with Crippen LogP contribution in [0, 0.1) is 6.92 Å². The van der Waals surface area contributed by atoms with Crippen LogP contribution in [0.15, 0.2) is 102 Å². The molecule has 0 bridgehead atoms. The number of hydrogen-bond donors (Lipinski definition) is 1. The highest BCUT2D eigenvalue weighted by Crippen LogP contribution is 2.40. The first kappa shape index (κ1) is 47.0. The van der Waals surface area contributed by atoms with Gasteiger partial charge in [-0.05, 0) is 100 Å². The number of anilines is 1. The predicted molar refractivity (Wildman–Crippen MR) is 241 cm³/mol. The molecule has 0 spiro atoms. The second kappa shape index (κ2) is 22.2. The molecule has 0 saturated carbocycles. The minimum Gasteiger partial charge on any atom is -0.490 e. The van der Waals surface area contributed by atoms with E-state index >= 15 is 0 Å². The highest BCUT2D eigenvalue weighted by atomic mass is 32.2. The van der Waals surface area contributed by atoms with E-state index in [2.05, 4.69) is 40.5 Å². The molecule has 2 heterocycles. The molecule has 1 amide bonds. The molecule has 0 aromatic heterocycles. The third kappa shape index (κ3) is 13.0. The van der Waals surface area contributed by atoms with Crippen molar-refractivity contribution in [1.82, 2.24) is 9.62 Å². The maximum absolute atomic E-state index is 14.8. The SMILES string of the molecule is CCO[C@H](C)COCc1ccc([C@H]2C[C@H](CC(C)(C)NC(=O)OCc3ccccc3)N(S(=O)(=O)c3ccc(C)cc3)C[C@@H]2OCc2ccc3c(c2)N(CCCOC)CCO3)cc1. The van der Waals surface area contributed by atoms with Gasteiger partial charge in [-0.1, -0.05) is 78.4 Å². The van der Waals surface area contributed by atoms with Gasteiger partial charge in [-0.3, -0.25) is 0 Å². The van der Waals surface area contributed by atoms with Crippen LogP contribution in [0.3, 0.4) is 0 Å². The second-order valence-electron chi connectivity index (χ2n) is 17.0. The van der Waals surface area contributed by atoms with E-state index in [-0.39, 0.29) is 36.7 Å². The summed E-state index contributed by atoms with van der Waals surface area (Å²) >= 11 is 0. The first-order valence-electron chi connectivity index (χ1n) is 21.8. The molecule has 4 atom stereocenters. The zero-order chi connectivity index (χ0) is 44.1. The molecule has 4 aromatic rings. The van der Waals surface area contributed by atoms with E-state index in [4.69, 9.17) is 28.4 Å². The number of fused-ring (bicyclic) bond motifs is 1. The molecule has 4 aromatic carbocycles. The fraction of sp³-hybridized carbons (Fsp3) is 0.490. The van der Waals surface area contributed by atoms with Gasteiger partial charge in [-0.2, -0.15) is 4.31 Å². The van der Waals surface area contributed by atoms with E-state index in [0.717, 1.165) is 58.8 Å². The van der Waals surface area contributed by atoms with Crippen LogP contribution in [0.2, 0.25) is 0 Å². The largest absolute Gasteiger partial charge is 0.490 e. The Balaban J connectivity index is 1.28. The highest BCUT2D eigenvalue weighted by Gasteiger charge is 2.45. The molecule has 0 aliphatic carbocycles. The fourth-order valence-electron chi connectivity index (χ4n) is 8.32. The maximum atomic E-state index is 14.8. The van der Waals surface area contributed by atoms with Gasteiger partial charge in [0, 0.05) is 50.9 Å². The van der Waals surface area contributed by atoms with Crippen LogP contribution in [0.1, 0.15) is 80.7 Å². The van der Waals surface area contributed by atoms with E-state index in [1.165, 1.54) is 0 Å². The molecule has 2 aliphatic heterocycles. The molecule has 13 heteroatoms. The Morgan fingerprint density at radius 2 is 1.66 bits per heavy atom. The number of sulfonamides is 1. The van der Waals surface area contributed by atoms with Crippen molar-refractivity contribution < 1.29 is 41.6 Å². The third-order valence-corrected chi connectivity index (χ3v) is 13.4. The zero-order valence-electron chi connectivity index (χ0n) is 37.2. The van der Waals surface area contributed by atoms with Crippen molar-refractivity contribution in [2.45, 2.75) is 108 Å². The normalized spacial score (nSPS) is 18.7. The van der Waals surface area contributed by atoms with Crippen molar-refractivity contribution in [3.8, 4) is 5.75 Å². The molecule has 1 N–H and O–H groups in total. The number of nitrogens with one attached hydrogen (secondary N) is 1. The molecule has 1 saturated heterocycles. The smallest absolute Gasteiger partial charge is 0.407 e. The minimum atomic E-state index is -4.01. The van der Waals surface area contributed by atoms with Gasteiger partial charge >= 0.3 is 6.09 Å². The number of rotatable bonds is 21. The number of alkyl carbamates (subject to hydrolysis) is 1.